The molecule has 0 saturated heterocycles. The van der Waals surface area contributed by atoms with E-state index in [9.17, 15) is 4.79 Å². The third-order valence-electron chi connectivity index (χ3n) is 2.36. The van der Waals surface area contributed by atoms with Crippen LogP contribution in [0.15, 0.2) is 18.6 Å². The van der Waals surface area contributed by atoms with Gasteiger partial charge in [-0.2, -0.15) is 0 Å². The predicted octanol–water partition coefficient (Wildman–Crippen LogP) is 0.0485. The highest BCUT2D eigenvalue weighted by Gasteiger charge is 2.05. The zero-order valence-electron chi connectivity index (χ0n) is 9.47. The highest BCUT2D eigenvalue weighted by atomic mass is 16.2. The average molecular weight is 234 g/mol. The van der Waals surface area contributed by atoms with E-state index in [4.69, 9.17) is 5.73 Å². The highest BCUT2D eigenvalue weighted by Crippen LogP contribution is 2.17. The number of urea groups is 1. The molecule has 0 aliphatic rings. The number of hydrogen-bond donors (Lipinski definition) is 3. The number of aryl methyl sites for hydroxylation is 1. The van der Waals surface area contributed by atoms with Gasteiger partial charge in [-0.05, 0) is 6.07 Å². The van der Waals surface area contributed by atoms with Gasteiger partial charge in [0.05, 0.1) is 11.8 Å². The number of aromatic nitrogens is 3. The molecule has 0 spiro atoms. The number of imidazole rings is 1. The van der Waals surface area contributed by atoms with Crippen LogP contribution in [-0.2, 0) is 7.05 Å². The van der Waals surface area contributed by atoms with E-state index >= 15 is 0 Å². The highest BCUT2D eigenvalue weighted by molar-refractivity contribution is 5.85. The number of carbonyl (C=O) groups is 1. The number of pyridine rings is 1. The lowest BCUT2D eigenvalue weighted by molar-refractivity contribution is 0.249. The maximum Gasteiger partial charge on any atom is 0.312 e. The molecule has 0 fully saturated rings. The van der Waals surface area contributed by atoms with Crippen molar-refractivity contribution in [3.05, 3.63) is 18.6 Å². The Bertz CT molecular complexity index is 535. The molecule has 2 rings (SSSR count). The Kier molecular flexibility index (Phi) is 3.08. The van der Waals surface area contributed by atoms with Gasteiger partial charge >= 0.3 is 6.03 Å². The van der Waals surface area contributed by atoms with Gasteiger partial charge in [0.2, 0.25) is 0 Å². The monoisotopic (exact) mass is 234 g/mol. The fourth-order valence-corrected chi connectivity index (χ4v) is 1.56. The summed E-state index contributed by atoms with van der Waals surface area (Å²) in [5.74, 6) is 0.703. The van der Waals surface area contributed by atoms with Crippen LogP contribution in [0.25, 0.3) is 11.0 Å². The number of carbonyl (C=O) groups excluding carboxylic acids is 1. The quantitative estimate of drug-likeness (QED) is 0.651. The summed E-state index contributed by atoms with van der Waals surface area (Å²) in [5, 5.41) is 5.59. The first-order chi connectivity index (χ1) is 8.18. The summed E-state index contributed by atoms with van der Waals surface area (Å²) in [7, 11) is 1.92. The average Bonchev–Trinajstić information content (AvgIpc) is 2.67. The van der Waals surface area contributed by atoms with Crippen molar-refractivity contribution in [1.82, 2.24) is 19.9 Å². The topological polar surface area (TPSA) is 97.9 Å². The van der Waals surface area contributed by atoms with Crippen molar-refractivity contribution < 1.29 is 4.79 Å². The first-order valence-corrected chi connectivity index (χ1v) is 5.21. The SMILES string of the molecule is Cn1cnc2c(NCCNC(N)=O)nccc21. The van der Waals surface area contributed by atoms with E-state index in [1.165, 1.54) is 0 Å². The number of hydrogen-bond acceptors (Lipinski definition) is 4. The van der Waals surface area contributed by atoms with E-state index in [2.05, 4.69) is 20.6 Å². The minimum Gasteiger partial charge on any atom is -0.366 e. The third kappa shape index (κ3) is 2.44. The van der Waals surface area contributed by atoms with Crippen molar-refractivity contribution in [3.8, 4) is 0 Å². The molecular formula is C10H14N6O. The molecule has 0 unspecified atom stereocenters. The maximum absolute atomic E-state index is 10.5. The molecule has 2 aromatic rings. The van der Waals surface area contributed by atoms with Crippen LogP contribution in [0.1, 0.15) is 0 Å². The smallest absolute Gasteiger partial charge is 0.312 e. The van der Waals surface area contributed by atoms with Gasteiger partial charge in [0, 0.05) is 26.3 Å². The summed E-state index contributed by atoms with van der Waals surface area (Å²) >= 11 is 0. The zero-order valence-corrected chi connectivity index (χ0v) is 9.47. The van der Waals surface area contributed by atoms with Crippen LogP contribution in [0, 0.1) is 0 Å². The standard InChI is InChI=1S/C10H14N6O/c1-16-6-15-8-7(16)2-3-12-9(8)13-4-5-14-10(11)17/h2-3,6H,4-5H2,1H3,(H,12,13)(H3,11,14,17). The molecule has 2 aromatic heterocycles. The Morgan fingerprint density at radius 2 is 2.29 bits per heavy atom. The van der Waals surface area contributed by atoms with Crippen LogP contribution in [0.3, 0.4) is 0 Å². The molecule has 7 heteroatoms. The van der Waals surface area contributed by atoms with Crippen LogP contribution < -0.4 is 16.4 Å². The number of anilines is 1. The summed E-state index contributed by atoms with van der Waals surface area (Å²) in [6.45, 7) is 0.992. The second-order valence-corrected chi connectivity index (χ2v) is 3.60. The summed E-state index contributed by atoms with van der Waals surface area (Å²) in [4.78, 5) is 18.9. The molecule has 0 aliphatic carbocycles. The lowest BCUT2D eigenvalue weighted by Crippen LogP contribution is -2.33. The van der Waals surface area contributed by atoms with Crippen LogP contribution >= 0.6 is 0 Å². The van der Waals surface area contributed by atoms with Gasteiger partial charge in [-0.15, -0.1) is 0 Å². The minimum absolute atomic E-state index is 0.445. The molecule has 90 valence electrons. The van der Waals surface area contributed by atoms with Gasteiger partial charge in [-0.25, -0.2) is 14.8 Å². The molecule has 2 heterocycles. The molecule has 0 atom stereocenters. The van der Waals surface area contributed by atoms with Gasteiger partial charge in [0.25, 0.3) is 0 Å². The molecular weight excluding hydrogens is 220 g/mol. The van der Waals surface area contributed by atoms with E-state index in [1.54, 1.807) is 12.5 Å². The van der Waals surface area contributed by atoms with Crippen LogP contribution in [0.5, 0.6) is 0 Å². The second kappa shape index (κ2) is 4.69. The van der Waals surface area contributed by atoms with E-state index in [1.807, 2.05) is 17.7 Å². The Labute approximate surface area is 98.0 Å². The molecule has 7 nitrogen and oxygen atoms in total. The minimum atomic E-state index is -0.532. The molecule has 2 amide bonds. The third-order valence-corrected chi connectivity index (χ3v) is 2.36. The lowest BCUT2D eigenvalue weighted by atomic mass is 10.3. The number of rotatable bonds is 4. The second-order valence-electron chi connectivity index (χ2n) is 3.60. The van der Waals surface area contributed by atoms with E-state index < -0.39 is 6.03 Å². The summed E-state index contributed by atoms with van der Waals surface area (Å²) in [6.07, 6.45) is 3.45. The predicted molar refractivity (Wildman–Crippen MR) is 64.6 cm³/mol. The largest absolute Gasteiger partial charge is 0.366 e. The summed E-state index contributed by atoms with van der Waals surface area (Å²) in [6, 6.07) is 1.37. The number of amides is 2. The molecule has 4 N–H and O–H groups in total. The van der Waals surface area contributed by atoms with Crippen molar-refractivity contribution in [1.29, 1.82) is 0 Å². The van der Waals surface area contributed by atoms with Crippen LogP contribution in [-0.4, -0.2) is 33.7 Å². The molecule has 0 aromatic carbocycles. The van der Waals surface area contributed by atoms with Gasteiger partial charge in [0.1, 0.15) is 5.52 Å². The summed E-state index contributed by atoms with van der Waals surface area (Å²) in [5.41, 5.74) is 6.78. The molecule has 0 saturated carbocycles. The van der Waals surface area contributed by atoms with Gasteiger partial charge in [0.15, 0.2) is 5.82 Å². The van der Waals surface area contributed by atoms with Crippen molar-refractivity contribution in [2.45, 2.75) is 0 Å². The molecule has 0 radical (unpaired) electrons. The van der Waals surface area contributed by atoms with Crippen molar-refractivity contribution >= 4 is 22.9 Å². The number of nitrogens with two attached hydrogens (primary N) is 1. The van der Waals surface area contributed by atoms with Crippen LogP contribution in [0.4, 0.5) is 10.6 Å². The normalized spacial score (nSPS) is 10.4. The molecule has 17 heavy (non-hydrogen) atoms. The van der Waals surface area contributed by atoms with Crippen LogP contribution in [0.2, 0.25) is 0 Å². The van der Waals surface area contributed by atoms with Gasteiger partial charge in [-0.3, -0.25) is 0 Å². The van der Waals surface area contributed by atoms with E-state index in [0.29, 0.717) is 18.9 Å². The van der Waals surface area contributed by atoms with Crippen molar-refractivity contribution in [3.63, 3.8) is 0 Å². The first-order valence-electron chi connectivity index (χ1n) is 5.21. The Balaban J connectivity index is 2.06. The van der Waals surface area contributed by atoms with Crippen molar-refractivity contribution in [2.24, 2.45) is 12.8 Å². The zero-order chi connectivity index (χ0) is 12.3. The maximum atomic E-state index is 10.5. The van der Waals surface area contributed by atoms with E-state index in [0.717, 1.165) is 11.0 Å². The number of nitrogens with zero attached hydrogens (tertiary/aromatic N) is 3. The number of nitrogens with one attached hydrogen (secondary N) is 2. The van der Waals surface area contributed by atoms with Gasteiger partial charge < -0.3 is 20.9 Å². The Hall–Kier alpha value is -2.31. The first kappa shape index (κ1) is 11.2. The van der Waals surface area contributed by atoms with E-state index in [-0.39, 0.29) is 0 Å². The Morgan fingerprint density at radius 1 is 1.47 bits per heavy atom. The lowest BCUT2D eigenvalue weighted by Gasteiger charge is -2.06. The molecule has 0 bridgehead atoms. The molecule has 0 aliphatic heterocycles. The Morgan fingerprint density at radius 3 is 3.06 bits per heavy atom. The number of primary amides is 1. The number of fused-ring (bicyclic) bond motifs is 1. The summed E-state index contributed by atoms with van der Waals surface area (Å²) < 4.78 is 1.92. The van der Waals surface area contributed by atoms with Crippen molar-refractivity contribution in [2.75, 3.05) is 18.4 Å². The fraction of sp³-hybridized carbons (Fsp3) is 0.300. The fourth-order valence-electron chi connectivity index (χ4n) is 1.56. The van der Waals surface area contributed by atoms with Gasteiger partial charge in [-0.1, -0.05) is 0 Å².